The molecule has 1 aromatic rings. The summed E-state index contributed by atoms with van der Waals surface area (Å²) in [6.45, 7) is 2.14. The fourth-order valence-corrected chi connectivity index (χ4v) is 2.27. The second-order valence-corrected chi connectivity index (χ2v) is 5.61. The number of amides is 1. The van der Waals surface area contributed by atoms with Gasteiger partial charge in [-0.15, -0.1) is 0 Å². The molecular weight excluding hydrogens is 265 g/mol. The third-order valence-corrected chi connectivity index (χ3v) is 3.68. The van der Waals surface area contributed by atoms with Crippen molar-refractivity contribution in [2.24, 2.45) is 0 Å². The summed E-state index contributed by atoms with van der Waals surface area (Å²) in [4.78, 5) is 20.7. The first-order chi connectivity index (χ1) is 9.13. The minimum atomic E-state index is -2.78. The van der Waals surface area contributed by atoms with Crippen LogP contribution >= 0.6 is 8.03 Å². The van der Waals surface area contributed by atoms with E-state index in [9.17, 15) is 9.36 Å². The van der Waals surface area contributed by atoms with Crippen LogP contribution in [0.5, 0.6) is 0 Å². The van der Waals surface area contributed by atoms with Crippen molar-refractivity contribution in [2.45, 2.75) is 38.6 Å². The third-order valence-electron chi connectivity index (χ3n) is 2.65. The average Bonchev–Trinajstić information content (AvgIpc) is 2.42. The van der Waals surface area contributed by atoms with Crippen LogP contribution in [0, 0.1) is 0 Å². The Morgan fingerprint density at radius 2 is 2.11 bits per heavy atom. The predicted molar refractivity (Wildman–Crippen MR) is 74.3 cm³/mol. The SMILES string of the molecule is CCCCC(NC(=O)OCc1ccccc1)[PH](=O)O. The van der Waals surface area contributed by atoms with Gasteiger partial charge in [0.15, 0.2) is 0 Å². The van der Waals surface area contributed by atoms with Gasteiger partial charge in [-0.05, 0) is 12.0 Å². The van der Waals surface area contributed by atoms with Gasteiger partial charge in [0, 0.05) is 0 Å². The molecule has 5 nitrogen and oxygen atoms in total. The lowest BCUT2D eigenvalue weighted by atomic mass is 10.2. The van der Waals surface area contributed by atoms with Gasteiger partial charge in [-0.2, -0.15) is 0 Å². The largest absolute Gasteiger partial charge is 0.445 e. The fraction of sp³-hybridized carbons (Fsp3) is 0.462. The van der Waals surface area contributed by atoms with Gasteiger partial charge in [-0.3, -0.25) is 4.57 Å². The molecule has 2 N–H and O–H groups in total. The number of carbonyl (C=O) groups excluding carboxylic acids is 1. The average molecular weight is 285 g/mol. The highest BCUT2D eigenvalue weighted by molar-refractivity contribution is 7.38. The maximum atomic E-state index is 11.5. The summed E-state index contributed by atoms with van der Waals surface area (Å²) in [5, 5.41) is 2.44. The molecule has 0 aliphatic carbocycles. The smallest absolute Gasteiger partial charge is 0.408 e. The van der Waals surface area contributed by atoms with Crippen LogP contribution in [0.2, 0.25) is 0 Å². The molecular formula is C13H20NO4P. The number of hydrogen-bond donors (Lipinski definition) is 2. The minimum Gasteiger partial charge on any atom is -0.445 e. The summed E-state index contributed by atoms with van der Waals surface area (Å²) in [7, 11) is -2.78. The summed E-state index contributed by atoms with van der Waals surface area (Å²) in [5.74, 6) is -0.701. The van der Waals surface area contributed by atoms with Crippen molar-refractivity contribution in [2.75, 3.05) is 0 Å². The van der Waals surface area contributed by atoms with E-state index in [-0.39, 0.29) is 6.61 Å². The first-order valence-electron chi connectivity index (χ1n) is 6.33. The van der Waals surface area contributed by atoms with Crippen molar-refractivity contribution in [1.82, 2.24) is 5.32 Å². The van der Waals surface area contributed by atoms with Gasteiger partial charge < -0.3 is 14.9 Å². The Morgan fingerprint density at radius 3 is 2.68 bits per heavy atom. The maximum absolute atomic E-state index is 11.5. The number of ether oxygens (including phenoxy) is 1. The molecule has 1 aromatic carbocycles. The summed E-state index contributed by atoms with van der Waals surface area (Å²) >= 11 is 0. The predicted octanol–water partition coefficient (Wildman–Crippen LogP) is 2.90. The number of unbranched alkanes of at least 4 members (excludes halogenated alkanes) is 1. The van der Waals surface area contributed by atoms with Crippen LogP contribution in [0.25, 0.3) is 0 Å². The normalized spacial score (nSPS) is 13.6. The highest BCUT2D eigenvalue weighted by atomic mass is 31.1. The number of alkyl carbamates (subject to hydrolysis) is 1. The van der Waals surface area contributed by atoms with Crippen LogP contribution in [-0.4, -0.2) is 16.8 Å². The first kappa shape index (κ1) is 15.7. The van der Waals surface area contributed by atoms with Gasteiger partial charge in [0.1, 0.15) is 12.4 Å². The van der Waals surface area contributed by atoms with E-state index in [1.165, 1.54) is 0 Å². The van der Waals surface area contributed by atoms with Crippen LogP contribution < -0.4 is 5.32 Å². The van der Waals surface area contributed by atoms with E-state index in [2.05, 4.69) is 5.32 Å². The van der Waals surface area contributed by atoms with E-state index in [1.54, 1.807) is 0 Å². The van der Waals surface area contributed by atoms with Gasteiger partial charge in [0.2, 0.25) is 8.03 Å². The number of benzene rings is 1. The molecule has 0 bridgehead atoms. The number of hydrogen-bond acceptors (Lipinski definition) is 3. The van der Waals surface area contributed by atoms with Crippen LogP contribution in [0.4, 0.5) is 4.79 Å². The monoisotopic (exact) mass is 285 g/mol. The Kier molecular flexibility index (Phi) is 7.23. The van der Waals surface area contributed by atoms with Crippen molar-refractivity contribution in [3.05, 3.63) is 35.9 Å². The number of rotatable bonds is 7. The Bertz CT molecular complexity index is 410. The molecule has 106 valence electrons. The van der Waals surface area contributed by atoms with Crippen molar-refractivity contribution < 1.29 is 19.0 Å². The molecule has 2 unspecified atom stereocenters. The lowest BCUT2D eigenvalue weighted by Crippen LogP contribution is -2.32. The molecule has 0 saturated heterocycles. The molecule has 0 aromatic heterocycles. The zero-order chi connectivity index (χ0) is 14.1. The van der Waals surface area contributed by atoms with Crippen LogP contribution in [0.3, 0.4) is 0 Å². The minimum absolute atomic E-state index is 0.152. The van der Waals surface area contributed by atoms with Crippen molar-refractivity contribution >= 4 is 14.1 Å². The zero-order valence-electron chi connectivity index (χ0n) is 11.0. The van der Waals surface area contributed by atoms with Gasteiger partial charge in [0.05, 0.1) is 0 Å². The van der Waals surface area contributed by atoms with Crippen LogP contribution in [0.15, 0.2) is 30.3 Å². The van der Waals surface area contributed by atoms with E-state index >= 15 is 0 Å². The molecule has 0 saturated carbocycles. The van der Waals surface area contributed by atoms with Gasteiger partial charge in [-0.1, -0.05) is 50.1 Å². The maximum Gasteiger partial charge on any atom is 0.408 e. The zero-order valence-corrected chi connectivity index (χ0v) is 12.0. The Labute approximate surface area is 113 Å². The topological polar surface area (TPSA) is 75.6 Å². The Balaban J connectivity index is 2.38. The Hall–Kier alpha value is -1.32. The molecule has 2 atom stereocenters. The van der Waals surface area contributed by atoms with E-state index in [4.69, 9.17) is 9.63 Å². The second-order valence-electron chi connectivity index (χ2n) is 4.24. The number of carbonyl (C=O) groups is 1. The molecule has 0 aliphatic heterocycles. The molecule has 1 amide bonds. The molecule has 0 aliphatic rings. The standard InChI is InChI=1S/C13H20NO4P/c1-2-3-9-12(19(16)17)14-13(15)18-10-11-7-5-4-6-8-11/h4-8,12,19H,2-3,9-10H2,1H3,(H,14,15)(H,16,17). The summed E-state index contributed by atoms with van der Waals surface area (Å²) in [6.07, 6.45) is 1.54. The third kappa shape index (κ3) is 6.41. The van der Waals surface area contributed by atoms with Crippen LogP contribution in [0.1, 0.15) is 31.7 Å². The molecule has 0 heterocycles. The summed E-state index contributed by atoms with van der Waals surface area (Å²) in [5.41, 5.74) is 0.874. The second kappa shape index (κ2) is 8.73. The molecule has 0 fully saturated rings. The van der Waals surface area contributed by atoms with E-state index in [1.807, 2.05) is 37.3 Å². The van der Waals surface area contributed by atoms with Gasteiger partial charge in [0.25, 0.3) is 0 Å². The fourth-order valence-electron chi connectivity index (χ4n) is 1.57. The van der Waals surface area contributed by atoms with E-state index < -0.39 is 19.9 Å². The molecule has 6 heteroatoms. The van der Waals surface area contributed by atoms with Crippen molar-refractivity contribution in [3.63, 3.8) is 0 Å². The summed E-state index contributed by atoms with van der Waals surface area (Å²) in [6, 6.07) is 9.27. The quantitative estimate of drug-likeness (QED) is 0.755. The number of nitrogens with one attached hydrogen (secondary N) is 1. The molecule has 1 rings (SSSR count). The van der Waals surface area contributed by atoms with Crippen molar-refractivity contribution in [1.29, 1.82) is 0 Å². The molecule has 0 spiro atoms. The van der Waals surface area contributed by atoms with Gasteiger partial charge >= 0.3 is 6.09 Å². The highest BCUT2D eigenvalue weighted by Crippen LogP contribution is 2.24. The van der Waals surface area contributed by atoms with Gasteiger partial charge in [-0.25, -0.2) is 4.79 Å². The first-order valence-corrected chi connectivity index (χ1v) is 7.76. The molecule has 0 radical (unpaired) electrons. The highest BCUT2D eigenvalue weighted by Gasteiger charge is 2.17. The van der Waals surface area contributed by atoms with Crippen LogP contribution in [-0.2, 0) is 15.9 Å². The molecule has 19 heavy (non-hydrogen) atoms. The van der Waals surface area contributed by atoms with E-state index in [0.717, 1.165) is 18.4 Å². The lowest BCUT2D eigenvalue weighted by molar-refractivity contribution is 0.137. The Morgan fingerprint density at radius 1 is 1.42 bits per heavy atom. The van der Waals surface area contributed by atoms with E-state index in [0.29, 0.717) is 6.42 Å². The van der Waals surface area contributed by atoms with Crippen molar-refractivity contribution in [3.8, 4) is 0 Å². The summed E-state index contributed by atoms with van der Waals surface area (Å²) < 4.78 is 16.1. The lowest BCUT2D eigenvalue weighted by Gasteiger charge is -2.15.